The van der Waals surface area contributed by atoms with E-state index in [4.69, 9.17) is 5.73 Å². The molecule has 2 aliphatic heterocycles. The number of amides is 1. The van der Waals surface area contributed by atoms with Crippen LogP contribution in [-0.4, -0.2) is 27.1 Å². The summed E-state index contributed by atoms with van der Waals surface area (Å²) in [6.45, 7) is 1.82. The van der Waals surface area contributed by atoms with E-state index < -0.39 is 0 Å². The molecule has 1 amide bonds. The van der Waals surface area contributed by atoms with Gasteiger partial charge in [0.25, 0.3) is 5.17 Å². The summed E-state index contributed by atoms with van der Waals surface area (Å²) in [6.07, 6.45) is 7.81. The maximum Gasteiger partial charge on any atom is 0.258 e. The number of nitrogens with two attached hydrogens (primary N) is 1. The van der Waals surface area contributed by atoms with Crippen LogP contribution in [0, 0.1) is 0 Å². The zero-order chi connectivity index (χ0) is 12.0. The van der Waals surface area contributed by atoms with Crippen molar-refractivity contribution in [1.82, 2.24) is 4.90 Å². The first-order valence-electron chi connectivity index (χ1n) is 4.82. The van der Waals surface area contributed by atoms with E-state index in [2.05, 4.69) is 17.0 Å². The smallest absolute Gasteiger partial charge is 0.258 e. The Hall–Kier alpha value is -1.01. The number of rotatable bonds is 1. The molecule has 16 heavy (non-hydrogen) atoms. The van der Waals surface area contributed by atoms with Crippen LogP contribution in [0.5, 0.6) is 0 Å². The van der Waals surface area contributed by atoms with Crippen molar-refractivity contribution < 1.29 is 9.53 Å². The molecular formula is C10H14N2O2S2. The highest BCUT2D eigenvalue weighted by atomic mass is 32.2. The molecule has 1 atom stereocenters. The average Bonchev–Trinajstić information content (AvgIpc) is 2.26. The van der Waals surface area contributed by atoms with Crippen LogP contribution in [0.1, 0.15) is 13.3 Å². The molecule has 0 aromatic rings. The Kier molecular flexibility index (Phi) is 5.34. The lowest BCUT2D eigenvalue weighted by atomic mass is 10.2. The summed E-state index contributed by atoms with van der Waals surface area (Å²) in [7, 11) is 0. The molecule has 0 aromatic heterocycles. The molecule has 0 bridgehead atoms. The lowest BCUT2D eigenvalue weighted by Gasteiger charge is -2.39. The van der Waals surface area contributed by atoms with Crippen molar-refractivity contribution in [1.29, 1.82) is 0 Å². The predicted octanol–water partition coefficient (Wildman–Crippen LogP) is 1.59. The molecule has 0 spiro atoms. The third-order valence-corrected chi connectivity index (χ3v) is 3.18. The van der Waals surface area contributed by atoms with Gasteiger partial charge in [0.2, 0.25) is 5.91 Å². The molecule has 88 valence electrons. The minimum atomic E-state index is 0.0538. The summed E-state index contributed by atoms with van der Waals surface area (Å²) < 4.78 is 4.52. The molecule has 2 heterocycles. The summed E-state index contributed by atoms with van der Waals surface area (Å²) in [4.78, 5) is 12.5. The minimum absolute atomic E-state index is 0.0538. The van der Waals surface area contributed by atoms with Gasteiger partial charge in [-0.15, -0.1) is 11.8 Å². The first-order chi connectivity index (χ1) is 7.65. The molecule has 0 radical (unpaired) electrons. The van der Waals surface area contributed by atoms with E-state index in [9.17, 15) is 4.79 Å². The summed E-state index contributed by atoms with van der Waals surface area (Å²) in [5, 5.41) is 0.528. The van der Waals surface area contributed by atoms with Gasteiger partial charge >= 0.3 is 0 Å². The number of allylic oxidation sites excluding steroid dienone is 1. The van der Waals surface area contributed by atoms with Gasteiger partial charge in [-0.2, -0.15) is 0 Å². The molecule has 1 fully saturated rings. The molecule has 1 saturated heterocycles. The maximum absolute atomic E-state index is 10.7. The highest BCUT2D eigenvalue weighted by Gasteiger charge is 2.35. The van der Waals surface area contributed by atoms with Crippen LogP contribution in [0.2, 0.25) is 0 Å². The van der Waals surface area contributed by atoms with Crippen molar-refractivity contribution in [2.45, 2.75) is 18.7 Å². The van der Waals surface area contributed by atoms with Crippen molar-refractivity contribution >= 4 is 35.1 Å². The van der Waals surface area contributed by atoms with Gasteiger partial charge in [-0.25, -0.2) is 0 Å². The summed E-state index contributed by atoms with van der Waals surface area (Å²) >= 11 is 6.20. The summed E-state index contributed by atoms with van der Waals surface area (Å²) in [6, 6.07) is 0. The van der Waals surface area contributed by atoms with E-state index >= 15 is 0 Å². The number of carbonyl (C=O) groups is 1. The number of hydrogen-bond donors (Lipinski definition) is 1. The van der Waals surface area contributed by atoms with Crippen LogP contribution in [0.3, 0.4) is 0 Å². The van der Waals surface area contributed by atoms with Gasteiger partial charge in [-0.3, -0.25) is 4.79 Å². The second-order valence-corrected chi connectivity index (χ2v) is 4.70. The quantitative estimate of drug-likeness (QED) is 0.440. The SMILES string of the molecule is CC=COC(N)=S.O=C1C[C@H]2SCC=CN12. The van der Waals surface area contributed by atoms with Gasteiger partial charge in [0.05, 0.1) is 18.1 Å². The van der Waals surface area contributed by atoms with E-state index in [1.165, 1.54) is 6.26 Å². The van der Waals surface area contributed by atoms with E-state index in [1.54, 1.807) is 11.0 Å². The third-order valence-electron chi connectivity index (χ3n) is 1.92. The molecule has 2 rings (SSSR count). The van der Waals surface area contributed by atoms with Crippen LogP contribution >= 0.6 is 24.0 Å². The Morgan fingerprint density at radius 3 is 2.94 bits per heavy atom. The van der Waals surface area contributed by atoms with Crippen LogP contribution in [0.4, 0.5) is 0 Å². The second-order valence-electron chi connectivity index (χ2n) is 3.08. The standard InChI is InChI=1S/C6H7NOS.C4H7NOS/c8-5-4-6-7(5)2-1-3-9-6;1-2-3-6-4(5)7/h1-2,6H,3-4H2;2-3H,1H3,(H2,5,7)/t6-;/m1./s1. The number of fused-ring (bicyclic) bond motifs is 1. The molecule has 4 nitrogen and oxygen atoms in total. The molecular weight excluding hydrogens is 244 g/mol. The summed E-state index contributed by atoms with van der Waals surface area (Å²) in [5.41, 5.74) is 4.94. The monoisotopic (exact) mass is 258 g/mol. The zero-order valence-electron chi connectivity index (χ0n) is 8.96. The lowest BCUT2D eigenvalue weighted by molar-refractivity contribution is -0.137. The first kappa shape index (κ1) is 13.1. The number of hydrogen-bond acceptors (Lipinski definition) is 4. The van der Waals surface area contributed by atoms with Crippen molar-refractivity contribution in [2.75, 3.05) is 5.75 Å². The lowest BCUT2D eigenvalue weighted by Crippen LogP contribution is -2.48. The number of nitrogens with zero attached hydrogens (tertiary/aromatic N) is 1. The van der Waals surface area contributed by atoms with Gasteiger partial charge in [-0.1, -0.05) is 12.2 Å². The van der Waals surface area contributed by atoms with Crippen LogP contribution in [0.15, 0.2) is 24.6 Å². The van der Waals surface area contributed by atoms with E-state index in [1.807, 2.05) is 31.0 Å². The Bertz CT molecular complexity index is 329. The predicted molar refractivity (Wildman–Crippen MR) is 69.5 cm³/mol. The Balaban J connectivity index is 0.000000168. The number of thiocarbonyl (C=S) groups is 1. The molecule has 0 saturated carbocycles. The molecule has 0 unspecified atom stereocenters. The molecule has 0 aromatic carbocycles. The van der Waals surface area contributed by atoms with Gasteiger partial charge in [0.15, 0.2) is 0 Å². The van der Waals surface area contributed by atoms with Crippen molar-refractivity contribution in [3.63, 3.8) is 0 Å². The van der Waals surface area contributed by atoms with Crippen molar-refractivity contribution in [2.24, 2.45) is 5.73 Å². The number of thioether (sulfide) groups is 1. The number of carbonyl (C=O) groups excluding carboxylic acids is 1. The van der Waals surface area contributed by atoms with Crippen molar-refractivity contribution in [3.8, 4) is 0 Å². The fourth-order valence-electron chi connectivity index (χ4n) is 1.18. The van der Waals surface area contributed by atoms with E-state index in [-0.39, 0.29) is 11.1 Å². The normalized spacial score (nSPS) is 21.9. The highest BCUT2D eigenvalue weighted by molar-refractivity contribution is 8.00. The topological polar surface area (TPSA) is 55.6 Å². The number of β-lactam (4-membered cyclic amide) rings is 1. The van der Waals surface area contributed by atoms with Gasteiger partial charge in [-0.05, 0) is 19.1 Å². The van der Waals surface area contributed by atoms with Crippen LogP contribution in [-0.2, 0) is 9.53 Å². The van der Waals surface area contributed by atoms with Crippen LogP contribution < -0.4 is 5.73 Å². The summed E-state index contributed by atoms with van der Waals surface area (Å²) in [5.74, 6) is 1.33. The Labute approximate surface area is 104 Å². The average molecular weight is 258 g/mol. The number of ether oxygens (including phenoxy) is 1. The highest BCUT2D eigenvalue weighted by Crippen LogP contribution is 2.32. The van der Waals surface area contributed by atoms with Gasteiger partial charge in [0, 0.05) is 12.0 Å². The molecule has 2 N–H and O–H groups in total. The molecule has 6 heteroatoms. The Morgan fingerprint density at radius 2 is 2.56 bits per heavy atom. The Morgan fingerprint density at radius 1 is 1.81 bits per heavy atom. The van der Waals surface area contributed by atoms with Gasteiger partial charge < -0.3 is 15.4 Å². The van der Waals surface area contributed by atoms with Gasteiger partial charge in [0.1, 0.15) is 0 Å². The third kappa shape index (κ3) is 3.86. The second kappa shape index (κ2) is 6.55. The zero-order valence-corrected chi connectivity index (χ0v) is 10.6. The maximum atomic E-state index is 10.7. The fraction of sp³-hybridized carbons (Fsp3) is 0.400. The fourth-order valence-corrected chi connectivity index (χ4v) is 2.26. The van der Waals surface area contributed by atoms with E-state index in [0.717, 1.165) is 12.2 Å². The largest absolute Gasteiger partial charge is 0.440 e. The first-order valence-corrected chi connectivity index (χ1v) is 6.27. The van der Waals surface area contributed by atoms with Crippen molar-refractivity contribution in [3.05, 3.63) is 24.6 Å². The van der Waals surface area contributed by atoms with E-state index in [0.29, 0.717) is 5.37 Å². The van der Waals surface area contributed by atoms with Crippen LogP contribution in [0.25, 0.3) is 0 Å². The molecule has 2 aliphatic rings. The minimum Gasteiger partial charge on any atom is -0.440 e. The molecule has 0 aliphatic carbocycles.